The molecule has 0 saturated carbocycles. The molecular weight excluding hydrogens is 326 g/mol. The summed E-state index contributed by atoms with van der Waals surface area (Å²) >= 11 is 0. The van der Waals surface area contributed by atoms with Crippen molar-refractivity contribution in [3.8, 4) is 5.75 Å². The molecule has 1 aromatic heterocycles. The highest BCUT2D eigenvalue weighted by Gasteiger charge is 2.24. The predicted octanol–water partition coefficient (Wildman–Crippen LogP) is 3.40. The van der Waals surface area contributed by atoms with Gasteiger partial charge in [0.05, 0.1) is 6.10 Å². The van der Waals surface area contributed by atoms with E-state index in [4.69, 9.17) is 4.74 Å². The van der Waals surface area contributed by atoms with Gasteiger partial charge in [-0.3, -0.25) is 9.78 Å². The maximum Gasteiger partial charge on any atom is 0.223 e. The predicted molar refractivity (Wildman–Crippen MR) is 103 cm³/mol. The van der Waals surface area contributed by atoms with E-state index in [1.807, 2.05) is 62.6 Å². The number of pyridine rings is 1. The van der Waals surface area contributed by atoms with Gasteiger partial charge in [0.15, 0.2) is 0 Å². The van der Waals surface area contributed by atoms with Crippen molar-refractivity contribution in [2.24, 2.45) is 5.92 Å². The number of aromatic nitrogens is 1. The van der Waals surface area contributed by atoms with Crippen molar-refractivity contribution >= 4 is 11.6 Å². The summed E-state index contributed by atoms with van der Waals surface area (Å²) in [5.74, 6) is 1.11. The highest BCUT2D eigenvalue weighted by molar-refractivity contribution is 5.79. The summed E-state index contributed by atoms with van der Waals surface area (Å²) in [6.07, 6.45) is 5.56. The van der Waals surface area contributed by atoms with Crippen LogP contribution >= 0.6 is 0 Å². The van der Waals surface area contributed by atoms with Gasteiger partial charge in [-0.1, -0.05) is 12.1 Å². The van der Waals surface area contributed by atoms with E-state index in [0.717, 1.165) is 37.2 Å². The minimum atomic E-state index is 0.0941. The molecule has 1 aromatic carbocycles. The molecule has 1 N–H and O–H groups in total. The van der Waals surface area contributed by atoms with Crippen LogP contribution in [0.1, 0.15) is 32.3 Å². The number of ether oxygens (including phenoxy) is 1. The van der Waals surface area contributed by atoms with E-state index in [-0.39, 0.29) is 17.9 Å². The van der Waals surface area contributed by atoms with Crippen LogP contribution in [0.4, 0.5) is 5.69 Å². The van der Waals surface area contributed by atoms with Gasteiger partial charge in [-0.15, -0.1) is 0 Å². The average Bonchev–Trinajstić information content (AvgIpc) is 2.67. The molecule has 1 saturated heterocycles. The summed E-state index contributed by atoms with van der Waals surface area (Å²) in [5.41, 5.74) is 2.27. The summed E-state index contributed by atoms with van der Waals surface area (Å²) in [4.78, 5) is 18.8. The number of hydrogen-bond donors (Lipinski definition) is 1. The Hall–Kier alpha value is -2.56. The Kier molecular flexibility index (Phi) is 6.10. The molecule has 26 heavy (non-hydrogen) atoms. The van der Waals surface area contributed by atoms with Crippen LogP contribution in [0, 0.1) is 5.92 Å². The summed E-state index contributed by atoms with van der Waals surface area (Å²) in [6, 6.07) is 12.0. The number of piperidine rings is 1. The van der Waals surface area contributed by atoms with Crippen molar-refractivity contribution in [2.75, 3.05) is 18.0 Å². The number of hydrogen-bond acceptors (Lipinski definition) is 4. The molecule has 1 aliphatic heterocycles. The Morgan fingerprint density at radius 1 is 1.15 bits per heavy atom. The van der Waals surface area contributed by atoms with Gasteiger partial charge in [0.2, 0.25) is 5.91 Å². The Bertz CT molecular complexity index is 693. The fourth-order valence-corrected chi connectivity index (χ4v) is 3.25. The summed E-state index contributed by atoms with van der Waals surface area (Å²) in [7, 11) is 0. The molecular formula is C21H27N3O2. The first-order valence-electron chi connectivity index (χ1n) is 9.30. The molecule has 0 unspecified atom stereocenters. The lowest BCUT2D eigenvalue weighted by Gasteiger charge is -2.32. The normalized spacial score (nSPS) is 15.1. The Morgan fingerprint density at radius 3 is 2.42 bits per heavy atom. The number of benzene rings is 1. The highest BCUT2D eigenvalue weighted by Crippen LogP contribution is 2.23. The molecule has 0 bridgehead atoms. The second kappa shape index (κ2) is 8.70. The molecule has 2 heterocycles. The molecule has 138 valence electrons. The number of carbonyl (C=O) groups is 1. The van der Waals surface area contributed by atoms with Crippen LogP contribution in [-0.4, -0.2) is 30.1 Å². The van der Waals surface area contributed by atoms with E-state index in [9.17, 15) is 4.79 Å². The molecule has 5 nitrogen and oxygen atoms in total. The van der Waals surface area contributed by atoms with E-state index >= 15 is 0 Å². The third-order valence-corrected chi connectivity index (χ3v) is 4.66. The molecule has 0 spiro atoms. The highest BCUT2D eigenvalue weighted by atomic mass is 16.5. The summed E-state index contributed by atoms with van der Waals surface area (Å²) in [6.45, 7) is 6.39. The lowest BCUT2D eigenvalue weighted by atomic mass is 9.95. The first kappa shape index (κ1) is 18.2. The topological polar surface area (TPSA) is 54.5 Å². The quantitative estimate of drug-likeness (QED) is 0.865. The van der Waals surface area contributed by atoms with Gasteiger partial charge in [-0.05, 0) is 56.5 Å². The minimum Gasteiger partial charge on any atom is -0.491 e. The van der Waals surface area contributed by atoms with Crippen molar-refractivity contribution in [3.05, 3.63) is 54.4 Å². The van der Waals surface area contributed by atoms with Crippen LogP contribution in [-0.2, 0) is 11.3 Å². The van der Waals surface area contributed by atoms with Crippen molar-refractivity contribution in [1.29, 1.82) is 0 Å². The van der Waals surface area contributed by atoms with Gasteiger partial charge in [-0.25, -0.2) is 0 Å². The van der Waals surface area contributed by atoms with Gasteiger partial charge in [0, 0.05) is 43.6 Å². The molecule has 0 radical (unpaired) electrons. The van der Waals surface area contributed by atoms with Crippen molar-refractivity contribution < 1.29 is 9.53 Å². The monoisotopic (exact) mass is 353 g/mol. The Morgan fingerprint density at radius 2 is 1.81 bits per heavy atom. The molecule has 3 rings (SSSR count). The fraction of sp³-hybridized carbons (Fsp3) is 0.429. The number of amides is 1. The van der Waals surface area contributed by atoms with Crippen LogP contribution < -0.4 is 15.0 Å². The van der Waals surface area contributed by atoms with E-state index in [1.165, 1.54) is 5.69 Å². The molecule has 0 aliphatic carbocycles. The summed E-state index contributed by atoms with van der Waals surface area (Å²) < 4.78 is 5.64. The number of carbonyl (C=O) groups excluding carboxylic acids is 1. The van der Waals surface area contributed by atoms with Gasteiger partial charge in [0.1, 0.15) is 5.75 Å². The lowest BCUT2D eigenvalue weighted by Crippen LogP contribution is -2.40. The first-order valence-corrected chi connectivity index (χ1v) is 9.30. The third kappa shape index (κ3) is 4.97. The number of nitrogens with one attached hydrogen (secondary N) is 1. The standard InChI is InChI=1S/C21H27N3O2/c1-16(2)26-20-5-3-17(4-6-20)15-23-21(25)18-9-13-24(14-10-18)19-7-11-22-12-8-19/h3-8,11-12,16,18H,9-10,13-15H2,1-2H3,(H,23,25). The Balaban J connectivity index is 1.44. The van der Waals surface area contributed by atoms with Crippen LogP contribution in [0.25, 0.3) is 0 Å². The maximum absolute atomic E-state index is 12.5. The second-order valence-corrected chi connectivity index (χ2v) is 7.00. The zero-order valence-corrected chi connectivity index (χ0v) is 15.5. The first-order chi connectivity index (χ1) is 12.6. The molecule has 5 heteroatoms. The Labute approximate surface area is 155 Å². The van der Waals surface area contributed by atoms with E-state index in [2.05, 4.69) is 15.2 Å². The molecule has 1 amide bonds. The average molecular weight is 353 g/mol. The van der Waals surface area contributed by atoms with Crippen molar-refractivity contribution in [1.82, 2.24) is 10.3 Å². The van der Waals surface area contributed by atoms with Gasteiger partial charge >= 0.3 is 0 Å². The van der Waals surface area contributed by atoms with Crippen molar-refractivity contribution in [2.45, 2.75) is 39.3 Å². The fourth-order valence-electron chi connectivity index (χ4n) is 3.25. The van der Waals surface area contributed by atoms with Crippen molar-refractivity contribution in [3.63, 3.8) is 0 Å². The molecule has 1 aliphatic rings. The smallest absolute Gasteiger partial charge is 0.223 e. The largest absolute Gasteiger partial charge is 0.491 e. The number of rotatable bonds is 6. The maximum atomic E-state index is 12.5. The van der Waals surface area contributed by atoms with Gasteiger partial charge < -0.3 is 15.0 Å². The second-order valence-electron chi connectivity index (χ2n) is 7.00. The molecule has 0 atom stereocenters. The van der Waals surface area contributed by atoms with Gasteiger partial charge in [-0.2, -0.15) is 0 Å². The summed E-state index contributed by atoms with van der Waals surface area (Å²) in [5, 5.41) is 3.08. The van der Waals surface area contributed by atoms with E-state index in [1.54, 1.807) is 0 Å². The van der Waals surface area contributed by atoms with Crippen LogP contribution in [0.2, 0.25) is 0 Å². The molecule has 1 fully saturated rings. The zero-order valence-electron chi connectivity index (χ0n) is 15.5. The van der Waals surface area contributed by atoms with E-state index < -0.39 is 0 Å². The van der Waals surface area contributed by atoms with Gasteiger partial charge in [0.25, 0.3) is 0 Å². The lowest BCUT2D eigenvalue weighted by molar-refractivity contribution is -0.125. The number of anilines is 1. The van der Waals surface area contributed by atoms with Crippen LogP contribution in [0.15, 0.2) is 48.8 Å². The zero-order chi connectivity index (χ0) is 18.4. The van der Waals surface area contributed by atoms with Crippen LogP contribution in [0.3, 0.4) is 0 Å². The number of nitrogens with zero attached hydrogens (tertiary/aromatic N) is 2. The SMILES string of the molecule is CC(C)Oc1ccc(CNC(=O)C2CCN(c3ccncc3)CC2)cc1. The third-order valence-electron chi connectivity index (χ3n) is 4.66. The van der Waals surface area contributed by atoms with Crippen LogP contribution in [0.5, 0.6) is 5.75 Å². The molecule has 2 aromatic rings. The van der Waals surface area contributed by atoms with E-state index in [0.29, 0.717) is 6.54 Å². The minimum absolute atomic E-state index is 0.0941.